The number of likely N-dealkylation sites (N-methyl/N-ethyl adjacent to an activating group) is 1. The molecule has 2 aliphatic heterocycles. The van der Waals surface area contributed by atoms with E-state index in [9.17, 15) is 19.2 Å². The van der Waals surface area contributed by atoms with Crippen LogP contribution in [0.25, 0.3) is 0 Å². The van der Waals surface area contributed by atoms with E-state index in [2.05, 4.69) is 31.0 Å². The van der Waals surface area contributed by atoms with E-state index in [1.165, 1.54) is 41.5 Å². The second-order valence-corrected chi connectivity index (χ2v) is 12.5. The van der Waals surface area contributed by atoms with Crippen LogP contribution in [0.2, 0.25) is 0 Å². The van der Waals surface area contributed by atoms with Gasteiger partial charge in [0.25, 0.3) is 5.91 Å². The third kappa shape index (κ3) is 10.2. The highest BCUT2D eigenvalue weighted by Gasteiger charge is 2.54. The molecule has 46 heavy (non-hydrogen) atoms. The summed E-state index contributed by atoms with van der Waals surface area (Å²) in [6.45, 7) is 4.78. The van der Waals surface area contributed by atoms with Gasteiger partial charge in [0.05, 0.1) is 24.9 Å². The molecule has 21 heteroatoms. The predicted octanol–water partition coefficient (Wildman–Crippen LogP) is 0.385. The molecule has 1 saturated heterocycles. The fraction of sp³-hybridized carbons (Fsp3) is 0.640. The average Bonchev–Trinajstić information content (AvgIpc) is 3.60. The molecular formula is C25H39Cl2N11O6S2. The zero-order valence-electron chi connectivity index (χ0n) is 25.9. The third-order valence-electron chi connectivity index (χ3n) is 6.64. The molecule has 17 nitrogen and oxygen atoms in total. The number of nitrogens with zero attached hydrogens (tertiary/aromatic N) is 9. The van der Waals surface area contributed by atoms with Crippen molar-refractivity contribution in [3.05, 3.63) is 23.2 Å². The number of hydrogen-bond donors (Lipinski definition) is 2. The number of hydrogen-bond acceptors (Lipinski definition) is 15. The molecule has 0 radical (unpaired) electrons. The van der Waals surface area contributed by atoms with Crippen LogP contribution >= 0.6 is 48.3 Å². The van der Waals surface area contributed by atoms with Crippen LogP contribution in [0.5, 0.6) is 0 Å². The number of thioether (sulfide) groups is 2. The highest BCUT2D eigenvalue weighted by atomic mass is 35.5. The lowest BCUT2D eigenvalue weighted by Gasteiger charge is -2.49. The molecule has 3 atom stereocenters. The topological polar surface area (TPSA) is 206 Å². The Morgan fingerprint density at radius 1 is 1.24 bits per heavy atom. The lowest BCUT2D eigenvalue weighted by Crippen LogP contribution is -2.70. The van der Waals surface area contributed by atoms with Crippen LogP contribution in [0.1, 0.15) is 45.2 Å². The van der Waals surface area contributed by atoms with Crippen LogP contribution in [0.4, 0.5) is 0 Å². The normalized spacial score (nSPS) is 17.8. The largest absolute Gasteiger partial charge is 0.425 e. The highest BCUT2D eigenvalue weighted by molar-refractivity contribution is 8.01. The number of aromatic nitrogens is 7. The van der Waals surface area contributed by atoms with Crippen molar-refractivity contribution in [1.82, 2.24) is 50.4 Å². The standard InChI is InChI=1S/C25H37N11O6S2.2ClH/c1-5-6-7-8-19(38)41-15(2)42-24(40)21-16(14-44-25-29-31-32-34(25)10-9-33(3)4)13-43-23-20(22(39)35(21)23)28-18(37)11-17-12-27-36(26)30-17;;/h12,15,20,23H,5-11,13-14,26H2,1-4H3,(H,28,37);2*1H/t15?,20-,23-;;/m1../s1. The Labute approximate surface area is 286 Å². The number of amides is 2. The summed E-state index contributed by atoms with van der Waals surface area (Å²) in [6, 6.07) is -0.857. The van der Waals surface area contributed by atoms with Gasteiger partial charge in [0, 0.05) is 31.4 Å². The molecule has 2 aromatic rings. The molecule has 0 spiro atoms. The van der Waals surface area contributed by atoms with Gasteiger partial charge in [-0.2, -0.15) is 0 Å². The van der Waals surface area contributed by atoms with Crippen molar-refractivity contribution in [2.75, 3.05) is 38.0 Å². The second-order valence-electron chi connectivity index (χ2n) is 10.4. The Morgan fingerprint density at radius 2 is 2.00 bits per heavy atom. The predicted molar refractivity (Wildman–Crippen MR) is 173 cm³/mol. The smallest absolute Gasteiger partial charge is 0.358 e. The molecule has 4 rings (SSSR count). The van der Waals surface area contributed by atoms with Crippen LogP contribution in [0.3, 0.4) is 0 Å². The molecule has 2 aromatic heterocycles. The maximum atomic E-state index is 13.5. The summed E-state index contributed by atoms with van der Waals surface area (Å²) < 4.78 is 12.5. The number of fused-ring (bicyclic) bond motifs is 1. The fourth-order valence-corrected chi connectivity index (χ4v) is 6.83. The Morgan fingerprint density at radius 3 is 2.67 bits per heavy atom. The summed E-state index contributed by atoms with van der Waals surface area (Å²) in [6.07, 6.45) is 2.82. The first kappa shape index (κ1) is 39.1. The Bertz CT molecular complexity index is 1390. The Hall–Kier alpha value is -3.13. The molecule has 0 saturated carbocycles. The molecular weight excluding hydrogens is 685 g/mol. The highest BCUT2D eigenvalue weighted by Crippen LogP contribution is 2.42. The summed E-state index contributed by atoms with van der Waals surface area (Å²) >= 11 is 2.74. The van der Waals surface area contributed by atoms with E-state index in [0.717, 1.165) is 24.3 Å². The first-order valence-electron chi connectivity index (χ1n) is 14.1. The summed E-state index contributed by atoms with van der Waals surface area (Å²) in [5.41, 5.74) is 1.03. The first-order valence-corrected chi connectivity index (χ1v) is 16.2. The van der Waals surface area contributed by atoms with Crippen molar-refractivity contribution in [2.45, 2.75) is 75.4 Å². The summed E-state index contributed by atoms with van der Waals surface area (Å²) in [7, 11) is 3.90. The minimum Gasteiger partial charge on any atom is -0.425 e. The first-order chi connectivity index (χ1) is 21.1. The fourth-order valence-electron chi connectivity index (χ4n) is 4.44. The van der Waals surface area contributed by atoms with Gasteiger partial charge in [0.2, 0.25) is 17.4 Å². The molecule has 256 valence electrons. The average molecular weight is 725 g/mol. The summed E-state index contributed by atoms with van der Waals surface area (Å²) in [4.78, 5) is 55.9. The van der Waals surface area contributed by atoms with Gasteiger partial charge >= 0.3 is 11.9 Å². The van der Waals surface area contributed by atoms with E-state index in [1.807, 2.05) is 25.9 Å². The monoisotopic (exact) mass is 723 g/mol. The van der Waals surface area contributed by atoms with Gasteiger partial charge in [-0.15, -0.1) is 51.9 Å². The van der Waals surface area contributed by atoms with Crippen molar-refractivity contribution < 1.29 is 28.7 Å². The maximum Gasteiger partial charge on any atom is 0.358 e. The van der Waals surface area contributed by atoms with E-state index < -0.39 is 41.5 Å². The van der Waals surface area contributed by atoms with Gasteiger partial charge in [-0.1, -0.05) is 36.4 Å². The van der Waals surface area contributed by atoms with Crippen LogP contribution in [-0.2, 0) is 41.6 Å². The van der Waals surface area contributed by atoms with Crippen molar-refractivity contribution in [2.24, 2.45) is 0 Å². The van der Waals surface area contributed by atoms with Crippen molar-refractivity contribution in [3.63, 3.8) is 0 Å². The van der Waals surface area contributed by atoms with Gasteiger partial charge < -0.3 is 25.5 Å². The van der Waals surface area contributed by atoms with Crippen LogP contribution in [-0.4, -0.2) is 119 Å². The minimum absolute atomic E-state index is 0. The number of nitrogens with two attached hydrogens (primary N) is 1. The summed E-state index contributed by atoms with van der Waals surface area (Å²) in [5.74, 6) is 3.95. The number of carbonyl (C=O) groups is 4. The molecule has 2 amide bonds. The van der Waals surface area contributed by atoms with Gasteiger partial charge in [0.15, 0.2) is 0 Å². The second kappa shape index (κ2) is 18.3. The number of nitrogens with one attached hydrogen (secondary N) is 1. The quantitative estimate of drug-likeness (QED) is 0.0600. The number of esters is 2. The SMILES string of the molecule is CCCCCC(=O)OC(C)OC(=O)C1=C(CSc2nnnn2CCN(C)C)CS[C@@H]2[C@H](NC(=O)Cc3cnn(N)n3)C(=O)N12.Cl.Cl. The molecule has 0 aromatic carbocycles. The number of β-lactam (4-membered cyclic amide) rings is 1. The molecule has 0 bridgehead atoms. The van der Waals surface area contributed by atoms with Crippen LogP contribution in [0.15, 0.2) is 22.6 Å². The van der Waals surface area contributed by atoms with Crippen molar-refractivity contribution in [1.29, 1.82) is 0 Å². The Balaban J connectivity index is 0.00000368. The third-order valence-corrected chi connectivity index (χ3v) is 9.03. The lowest BCUT2D eigenvalue weighted by atomic mass is 10.0. The van der Waals surface area contributed by atoms with E-state index in [1.54, 1.807) is 4.68 Å². The number of tetrazole rings is 1. The molecule has 2 aliphatic rings. The number of nitrogen functional groups attached to an aromatic ring is 1. The Kier molecular flexibility index (Phi) is 15.5. The van der Waals surface area contributed by atoms with E-state index in [-0.39, 0.29) is 43.4 Å². The molecule has 4 heterocycles. The summed E-state index contributed by atoms with van der Waals surface area (Å²) in [5, 5.41) is 22.3. The number of carbonyl (C=O) groups excluding carboxylic acids is 4. The molecule has 1 unspecified atom stereocenters. The van der Waals surface area contributed by atoms with E-state index in [4.69, 9.17) is 15.3 Å². The van der Waals surface area contributed by atoms with E-state index >= 15 is 0 Å². The van der Waals surface area contributed by atoms with Crippen LogP contribution in [0, 0.1) is 0 Å². The van der Waals surface area contributed by atoms with Gasteiger partial charge in [-0.25, -0.2) is 9.48 Å². The minimum atomic E-state index is -1.16. The maximum absolute atomic E-state index is 13.5. The van der Waals surface area contributed by atoms with Crippen molar-refractivity contribution in [3.8, 4) is 0 Å². The van der Waals surface area contributed by atoms with Crippen molar-refractivity contribution >= 4 is 72.1 Å². The van der Waals surface area contributed by atoms with Gasteiger partial charge in [-0.3, -0.25) is 19.3 Å². The van der Waals surface area contributed by atoms with Crippen LogP contribution < -0.4 is 11.2 Å². The number of ether oxygens (including phenoxy) is 2. The van der Waals surface area contributed by atoms with Gasteiger partial charge in [-0.05, 0) is 36.5 Å². The number of rotatable bonds is 16. The zero-order valence-corrected chi connectivity index (χ0v) is 29.1. The zero-order chi connectivity index (χ0) is 31.8. The molecule has 0 aliphatic carbocycles. The molecule has 1 fully saturated rings. The molecule has 3 N–H and O–H groups in total. The number of unbranched alkanes of at least 4 members (excludes halogenated alkanes) is 2. The van der Waals surface area contributed by atoms with Gasteiger partial charge in [0.1, 0.15) is 17.1 Å². The lowest BCUT2D eigenvalue weighted by molar-refractivity contribution is -0.184. The number of halogens is 2. The van der Waals surface area contributed by atoms with E-state index in [0.29, 0.717) is 40.9 Å².